The van der Waals surface area contributed by atoms with Gasteiger partial charge >= 0.3 is 0 Å². The molecule has 0 fully saturated rings. The van der Waals surface area contributed by atoms with Gasteiger partial charge in [-0.3, -0.25) is 4.79 Å². The van der Waals surface area contributed by atoms with E-state index < -0.39 is 0 Å². The van der Waals surface area contributed by atoms with Gasteiger partial charge in [0.15, 0.2) is 0 Å². The average Bonchev–Trinajstić information content (AvgIpc) is 3.40. The number of aromatic nitrogens is 4. The van der Waals surface area contributed by atoms with Gasteiger partial charge in [0.1, 0.15) is 15.6 Å². The molecular formula is C19H17N5OS2. The minimum absolute atomic E-state index is 0.113. The topological polar surface area (TPSA) is 72.7 Å². The van der Waals surface area contributed by atoms with Crippen molar-refractivity contribution in [3.8, 4) is 16.4 Å². The third-order valence-corrected chi connectivity index (χ3v) is 6.14. The van der Waals surface area contributed by atoms with Gasteiger partial charge in [0.05, 0.1) is 23.6 Å². The molecule has 0 saturated heterocycles. The largest absolute Gasteiger partial charge is 0.346 e. The summed E-state index contributed by atoms with van der Waals surface area (Å²) in [5, 5.41) is 14.2. The normalized spacial score (nSPS) is 10.9. The van der Waals surface area contributed by atoms with Crippen LogP contribution in [0.4, 0.5) is 0 Å². The Morgan fingerprint density at radius 2 is 1.96 bits per heavy atom. The zero-order valence-corrected chi connectivity index (χ0v) is 16.5. The Morgan fingerprint density at radius 1 is 1.15 bits per heavy atom. The summed E-state index contributed by atoms with van der Waals surface area (Å²) >= 11 is 2.97. The maximum atomic E-state index is 12.5. The van der Waals surface area contributed by atoms with Crippen molar-refractivity contribution in [1.29, 1.82) is 0 Å². The maximum absolute atomic E-state index is 12.5. The number of aryl methyl sites for hydroxylation is 1. The monoisotopic (exact) mass is 395 g/mol. The molecule has 4 aromatic rings. The zero-order valence-electron chi connectivity index (χ0n) is 14.8. The number of thiazole rings is 1. The molecule has 1 aromatic carbocycles. The van der Waals surface area contributed by atoms with E-state index in [9.17, 15) is 4.79 Å². The minimum atomic E-state index is -0.113. The summed E-state index contributed by atoms with van der Waals surface area (Å²) in [6.45, 7) is 4.32. The molecule has 3 aromatic heterocycles. The predicted molar refractivity (Wildman–Crippen MR) is 107 cm³/mol. The zero-order chi connectivity index (χ0) is 18.8. The van der Waals surface area contributed by atoms with Crippen molar-refractivity contribution in [2.45, 2.75) is 20.4 Å². The van der Waals surface area contributed by atoms with Gasteiger partial charge in [0.2, 0.25) is 0 Å². The molecule has 1 N–H and O–H groups in total. The van der Waals surface area contributed by atoms with E-state index in [0.29, 0.717) is 27.8 Å². The second kappa shape index (κ2) is 7.42. The summed E-state index contributed by atoms with van der Waals surface area (Å²) in [6.07, 6.45) is 0. The van der Waals surface area contributed by atoms with Crippen molar-refractivity contribution in [1.82, 2.24) is 25.3 Å². The highest BCUT2D eigenvalue weighted by Crippen LogP contribution is 2.29. The van der Waals surface area contributed by atoms with E-state index in [1.807, 2.05) is 61.7 Å². The van der Waals surface area contributed by atoms with Gasteiger partial charge in [-0.05, 0) is 37.4 Å². The van der Waals surface area contributed by atoms with Crippen LogP contribution in [0, 0.1) is 13.8 Å². The first-order valence-corrected chi connectivity index (χ1v) is 10.1. The maximum Gasteiger partial charge on any atom is 0.263 e. The third-order valence-electron chi connectivity index (χ3n) is 4.10. The van der Waals surface area contributed by atoms with Crippen molar-refractivity contribution < 1.29 is 4.79 Å². The fourth-order valence-electron chi connectivity index (χ4n) is 2.71. The van der Waals surface area contributed by atoms with Gasteiger partial charge in [0.25, 0.3) is 5.91 Å². The number of hydrogen-bond donors (Lipinski definition) is 1. The van der Waals surface area contributed by atoms with Gasteiger partial charge in [-0.1, -0.05) is 29.5 Å². The van der Waals surface area contributed by atoms with Crippen LogP contribution in [0.15, 0.2) is 47.8 Å². The molecule has 0 bridgehead atoms. The number of carbonyl (C=O) groups is 1. The summed E-state index contributed by atoms with van der Waals surface area (Å²) in [5.41, 5.74) is 3.23. The number of amides is 1. The highest BCUT2D eigenvalue weighted by Gasteiger charge is 2.20. The van der Waals surface area contributed by atoms with Gasteiger partial charge in [-0.25, -0.2) is 9.67 Å². The molecule has 1 amide bonds. The molecule has 3 heterocycles. The van der Waals surface area contributed by atoms with Crippen LogP contribution >= 0.6 is 22.7 Å². The standard InChI is InChI=1S/C19H17N5OS2/c1-12-17(18(25)20-11-15-9-6-10-26-15)27-19(21-12)16-13(2)24(23-22-16)14-7-4-3-5-8-14/h3-10H,11H2,1-2H3,(H,20,25). The quantitative estimate of drug-likeness (QED) is 0.554. The first-order chi connectivity index (χ1) is 13.1. The fourth-order valence-corrected chi connectivity index (χ4v) is 4.37. The molecule has 0 saturated carbocycles. The van der Waals surface area contributed by atoms with E-state index in [1.165, 1.54) is 11.3 Å². The SMILES string of the molecule is Cc1nc(-c2nnn(-c3ccccc3)c2C)sc1C(=O)NCc1cccs1. The molecule has 0 radical (unpaired) electrons. The Labute approximate surface area is 164 Å². The van der Waals surface area contributed by atoms with Crippen LogP contribution in [0.1, 0.15) is 25.9 Å². The Balaban J connectivity index is 1.58. The molecule has 0 aliphatic rings. The molecule has 4 rings (SSSR count). The molecule has 136 valence electrons. The minimum Gasteiger partial charge on any atom is -0.346 e. The van der Waals surface area contributed by atoms with Crippen LogP contribution in [0.2, 0.25) is 0 Å². The van der Waals surface area contributed by atoms with Crippen LogP contribution in [0.5, 0.6) is 0 Å². The lowest BCUT2D eigenvalue weighted by atomic mass is 10.3. The van der Waals surface area contributed by atoms with E-state index >= 15 is 0 Å². The molecule has 6 nitrogen and oxygen atoms in total. The Bertz CT molecular complexity index is 1070. The number of para-hydroxylation sites is 1. The lowest BCUT2D eigenvalue weighted by Crippen LogP contribution is -2.22. The molecular weight excluding hydrogens is 378 g/mol. The van der Waals surface area contributed by atoms with Crippen LogP contribution < -0.4 is 5.32 Å². The highest BCUT2D eigenvalue weighted by atomic mass is 32.1. The number of thiophene rings is 1. The second-order valence-corrected chi connectivity index (χ2v) is 8.00. The molecule has 0 atom stereocenters. The molecule has 27 heavy (non-hydrogen) atoms. The summed E-state index contributed by atoms with van der Waals surface area (Å²) in [7, 11) is 0. The van der Waals surface area contributed by atoms with Gasteiger partial charge in [-0.2, -0.15) is 0 Å². The van der Waals surface area contributed by atoms with Gasteiger partial charge in [-0.15, -0.1) is 27.8 Å². The van der Waals surface area contributed by atoms with Crippen molar-refractivity contribution in [2.24, 2.45) is 0 Å². The second-order valence-electron chi connectivity index (χ2n) is 5.97. The Kier molecular flexibility index (Phi) is 4.83. The average molecular weight is 396 g/mol. The summed E-state index contributed by atoms with van der Waals surface area (Å²) < 4.78 is 1.78. The molecule has 0 aliphatic heterocycles. The summed E-state index contributed by atoms with van der Waals surface area (Å²) in [5.74, 6) is -0.113. The number of nitrogens with one attached hydrogen (secondary N) is 1. The smallest absolute Gasteiger partial charge is 0.263 e. The van der Waals surface area contributed by atoms with Crippen molar-refractivity contribution in [2.75, 3.05) is 0 Å². The lowest BCUT2D eigenvalue weighted by Gasteiger charge is -2.02. The number of carbonyl (C=O) groups excluding carboxylic acids is 1. The highest BCUT2D eigenvalue weighted by molar-refractivity contribution is 7.17. The van der Waals surface area contributed by atoms with Crippen LogP contribution in [-0.4, -0.2) is 25.9 Å². The fraction of sp³-hybridized carbons (Fsp3) is 0.158. The van der Waals surface area contributed by atoms with E-state index in [1.54, 1.807) is 16.0 Å². The lowest BCUT2D eigenvalue weighted by molar-refractivity contribution is 0.0954. The van der Waals surface area contributed by atoms with Crippen molar-refractivity contribution in [3.63, 3.8) is 0 Å². The van der Waals surface area contributed by atoms with Gasteiger partial charge < -0.3 is 5.32 Å². The molecule has 0 unspecified atom stereocenters. The predicted octanol–water partition coefficient (Wildman–Crippen LogP) is 4.00. The van der Waals surface area contributed by atoms with E-state index in [0.717, 1.165) is 16.3 Å². The summed E-state index contributed by atoms with van der Waals surface area (Å²) in [6, 6.07) is 13.8. The van der Waals surface area contributed by atoms with Crippen LogP contribution in [-0.2, 0) is 6.54 Å². The number of rotatable bonds is 5. The summed E-state index contributed by atoms with van der Waals surface area (Å²) in [4.78, 5) is 18.8. The van der Waals surface area contributed by atoms with Crippen molar-refractivity contribution in [3.05, 3.63) is 69.0 Å². The van der Waals surface area contributed by atoms with Crippen molar-refractivity contribution >= 4 is 28.6 Å². The number of nitrogens with zero attached hydrogens (tertiary/aromatic N) is 4. The molecule has 0 spiro atoms. The van der Waals surface area contributed by atoms with E-state index in [4.69, 9.17) is 0 Å². The first kappa shape index (κ1) is 17.6. The van der Waals surface area contributed by atoms with Crippen LogP contribution in [0.25, 0.3) is 16.4 Å². The number of hydrogen-bond acceptors (Lipinski definition) is 6. The molecule has 8 heteroatoms. The Hall–Kier alpha value is -2.84. The molecule has 0 aliphatic carbocycles. The van der Waals surface area contributed by atoms with Gasteiger partial charge in [0, 0.05) is 4.88 Å². The first-order valence-electron chi connectivity index (χ1n) is 8.39. The number of benzene rings is 1. The van der Waals surface area contributed by atoms with E-state index in [-0.39, 0.29) is 5.91 Å². The van der Waals surface area contributed by atoms with Crippen LogP contribution in [0.3, 0.4) is 0 Å². The van der Waals surface area contributed by atoms with E-state index in [2.05, 4.69) is 20.6 Å². The third kappa shape index (κ3) is 3.54. The Morgan fingerprint density at radius 3 is 2.70 bits per heavy atom.